The molecule has 0 aromatic carbocycles. The van der Waals surface area contributed by atoms with Gasteiger partial charge in [0, 0.05) is 44.9 Å². The van der Waals surface area contributed by atoms with Crippen molar-refractivity contribution in [3.05, 3.63) is 0 Å². The zero-order valence-electron chi connectivity index (χ0n) is 1.80. The summed E-state index contributed by atoms with van der Waals surface area (Å²) in [5.74, 6) is 0. The van der Waals surface area contributed by atoms with Crippen molar-refractivity contribution in [2.45, 2.75) is 0 Å². The molecule has 4 heavy (non-hydrogen) atoms. The van der Waals surface area contributed by atoms with Crippen LogP contribution >= 0.6 is 9.90 Å². The van der Waals surface area contributed by atoms with Gasteiger partial charge in [0.15, 0.2) is 0 Å². The molecule has 0 heterocycles. The van der Waals surface area contributed by atoms with Gasteiger partial charge in [-0.3, -0.25) is 0 Å². The van der Waals surface area contributed by atoms with E-state index >= 15 is 0 Å². The Morgan fingerprint density at radius 1 is 1.00 bits per heavy atom. The van der Waals surface area contributed by atoms with Crippen molar-refractivity contribution in [1.29, 1.82) is 0 Å². The molecule has 0 aromatic rings. The van der Waals surface area contributed by atoms with E-state index in [-0.39, 0.29) is 44.9 Å². The minimum atomic E-state index is 0. The van der Waals surface area contributed by atoms with Gasteiger partial charge in [0.05, 0.1) is 0 Å². The van der Waals surface area contributed by atoms with Crippen LogP contribution in [0, 0.1) is 0 Å². The number of hydrogen-bond acceptors (Lipinski definition) is 0. The zero-order valence-corrected chi connectivity index (χ0v) is 5.09. The van der Waals surface area contributed by atoms with Crippen LogP contribution in [0.5, 0.6) is 0 Å². The van der Waals surface area contributed by atoms with E-state index in [4.69, 9.17) is 0 Å². The minimum Gasteiger partial charge on any atom is 0 e. The van der Waals surface area contributed by atoms with Crippen LogP contribution in [-0.2, 0) is 24.0 Å². The summed E-state index contributed by atoms with van der Waals surface area (Å²) < 4.78 is 0. The van der Waals surface area contributed by atoms with Gasteiger partial charge >= 0.3 is 0 Å². The fraction of sp³-hybridized carbons (Fsp3) is 0. The predicted molar refractivity (Wildman–Crippen MR) is 13.4 cm³/mol. The van der Waals surface area contributed by atoms with Gasteiger partial charge in [0.25, 0.3) is 0 Å². The summed E-state index contributed by atoms with van der Waals surface area (Å²) in [5.41, 5.74) is 0. The first-order valence-electron chi connectivity index (χ1n) is 0. The molecule has 0 spiro atoms. The summed E-state index contributed by atoms with van der Waals surface area (Å²) in [5, 5.41) is 0. The first kappa shape index (κ1) is 64.3. The summed E-state index contributed by atoms with van der Waals surface area (Å²) in [6.45, 7) is 0. The molecule has 0 N–H and O–H groups in total. The Bertz CT molecular complexity index is 8.00. The van der Waals surface area contributed by atoms with Crippen LogP contribution in [0.3, 0.4) is 0 Å². The third kappa shape index (κ3) is 10.8. The van der Waals surface area contributed by atoms with Crippen molar-refractivity contribution in [2.24, 2.45) is 0 Å². The molecule has 1 nitrogen and oxygen atoms in total. The van der Waals surface area contributed by atoms with Crippen molar-refractivity contribution < 1.29 is 24.0 Å². The fourth-order valence-electron chi connectivity index (χ4n) is 0. The second-order valence-corrected chi connectivity index (χ2v) is 0. The smallest absolute Gasteiger partial charge is 0 e. The molecule has 0 saturated carbocycles. The number of rotatable bonds is 0. The maximum Gasteiger partial charge on any atom is 0 e. The number of hydrogen-bond donors (Lipinski definition) is 0. The van der Waals surface area contributed by atoms with Gasteiger partial charge in [-0.1, -0.05) is 0 Å². The molecule has 0 fully saturated rings. The Morgan fingerprint density at radius 2 is 1.00 bits per heavy atom. The average molecular weight is 126 g/mol. The zero-order chi connectivity index (χ0) is 0. The standard InChI is InChI=1S/O.P.Si.V. The summed E-state index contributed by atoms with van der Waals surface area (Å²) in [6.07, 6.45) is 0. The third-order valence-corrected chi connectivity index (χ3v) is 0. The SMILES string of the molecule is [O].[P].[Si].[V]. The van der Waals surface area contributed by atoms with Crippen LogP contribution in [0.25, 0.3) is 0 Å². The summed E-state index contributed by atoms with van der Waals surface area (Å²) in [4.78, 5) is 0. The topological polar surface area (TPSA) is 28.5 Å². The van der Waals surface area contributed by atoms with Crippen molar-refractivity contribution in [3.8, 4) is 0 Å². The van der Waals surface area contributed by atoms with Gasteiger partial charge in [-0.15, -0.1) is 0 Å². The van der Waals surface area contributed by atoms with Gasteiger partial charge in [-0.2, -0.15) is 0 Å². The Balaban J connectivity index is 0. The van der Waals surface area contributed by atoms with Crippen LogP contribution in [0.2, 0.25) is 0 Å². The molecular weight excluding hydrogens is 126 g/mol. The van der Waals surface area contributed by atoms with E-state index in [1.807, 2.05) is 0 Å². The molecule has 0 bridgehead atoms. The van der Waals surface area contributed by atoms with E-state index < -0.39 is 0 Å². The van der Waals surface area contributed by atoms with Crippen LogP contribution in [-0.4, -0.2) is 11.0 Å². The van der Waals surface area contributed by atoms with Crippen molar-refractivity contribution in [2.75, 3.05) is 0 Å². The fourth-order valence-corrected chi connectivity index (χ4v) is 0. The largest absolute Gasteiger partial charge is 0 e. The summed E-state index contributed by atoms with van der Waals surface area (Å²) >= 11 is 0. The van der Waals surface area contributed by atoms with Gasteiger partial charge < -0.3 is 0 Å². The van der Waals surface area contributed by atoms with Gasteiger partial charge in [0.2, 0.25) is 0 Å². The molecule has 0 rings (SSSR count). The van der Waals surface area contributed by atoms with Crippen molar-refractivity contribution in [1.82, 2.24) is 0 Å². The first-order chi connectivity index (χ1) is 0. The van der Waals surface area contributed by atoms with Crippen LogP contribution in [0.4, 0.5) is 0 Å². The van der Waals surface area contributed by atoms with E-state index in [1.165, 1.54) is 0 Å². The summed E-state index contributed by atoms with van der Waals surface area (Å²) in [7, 11) is 0. The second kappa shape index (κ2) is 30.1. The Kier molecular flexibility index (Phi) is 483. The molecule has 20 valence electrons. The molecule has 4 heteroatoms. The van der Waals surface area contributed by atoms with E-state index in [0.29, 0.717) is 0 Å². The summed E-state index contributed by atoms with van der Waals surface area (Å²) in [6, 6.07) is 0. The molecule has 0 aliphatic carbocycles. The quantitative estimate of drug-likeness (QED) is 0.331. The molecular formula is OPSiV. The Morgan fingerprint density at radius 3 is 1.00 bits per heavy atom. The Hall–Kier alpha value is 1.19. The van der Waals surface area contributed by atoms with Crippen LogP contribution in [0.1, 0.15) is 0 Å². The van der Waals surface area contributed by atoms with Crippen LogP contribution < -0.4 is 0 Å². The first-order valence-corrected chi connectivity index (χ1v) is 0. The molecule has 10 radical (unpaired) electrons. The molecule has 0 atom stereocenters. The Labute approximate surface area is 45.4 Å². The molecule has 0 aliphatic heterocycles. The maximum atomic E-state index is 0. The van der Waals surface area contributed by atoms with Crippen LogP contribution in [0.15, 0.2) is 0 Å². The van der Waals surface area contributed by atoms with Crippen molar-refractivity contribution in [3.63, 3.8) is 0 Å². The average Bonchev–Trinajstić information content (AvgIpc) is 0. The van der Waals surface area contributed by atoms with E-state index in [2.05, 4.69) is 0 Å². The molecule has 0 amide bonds. The van der Waals surface area contributed by atoms with Gasteiger partial charge in [0.1, 0.15) is 0 Å². The molecule has 0 saturated heterocycles. The van der Waals surface area contributed by atoms with E-state index in [1.54, 1.807) is 0 Å². The molecule has 0 unspecified atom stereocenters. The maximum absolute atomic E-state index is 0. The molecule has 0 aliphatic rings. The van der Waals surface area contributed by atoms with Gasteiger partial charge in [-0.05, 0) is 0 Å². The third-order valence-electron chi connectivity index (χ3n) is 0. The monoisotopic (exact) mass is 126 g/mol. The van der Waals surface area contributed by atoms with E-state index in [0.717, 1.165) is 0 Å². The second-order valence-electron chi connectivity index (χ2n) is 0. The molecule has 0 aromatic heterocycles. The van der Waals surface area contributed by atoms with E-state index in [9.17, 15) is 0 Å². The predicted octanol–water partition coefficient (Wildman–Crippen LogP) is 0.359. The van der Waals surface area contributed by atoms with Crippen molar-refractivity contribution >= 4 is 20.9 Å². The minimum absolute atomic E-state index is 0. The van der Waals surface area contributed by atoms with Gasteiger partial charge in [-0.25, -0.2) is 0 Å². The normalized spacial score (nSPS) is 0.